The van der Waals surface area contributed by atoms with Crippen LogP contribution in [0.2, 0.25) is 5.02 Å². The van der Waals surface area contributed by atoms with Crippen LogP contribution in [0.3, 0.4) is 0 Å². The molecule has 0 N–H and O–H groups in total. The molecule has 2 saturated carbocycles. The quantitative estimate of drug-likeness (QED) is 0.502. The number of hydrogen-bond donors (Lipinski definition) is 0. The van der Waals surface area contributed by atoms with Crippen LogP contribution in [0.25, 0.3) is 11.1 Å². The Kier molecular flexibility index (Phi) is 4.28. The molecule has 2 aromatic carbocycles. The van der Waals surface area contributed by atoms with Crippen molar-refractivity contribution in [2.75, 3.05) is 0 Å². The molecule has 6 rings (SSSR count). The Morgan fingerprint density at radius 3 is 1.96 bits per heavy atom. The van der Waals surface area contributed by atoms with Crippen LogP contribution in [-0.2, 0) is 16.0 Å². The molecule has 0 amide bonds. The lowest BCUT2D eigenvalue weighted by molar-refractivity contribution is -0.125. The molecule has 3 heteroatoms. The zero-order chi connectivity index (χ0) is 19.4. The van der Waals surface area contributed by atoms with Gasteiger partial charge in [-0.25, -0.2) is 0 Å². The molecular formula is C25H23ClO2. The van der Waals surface area contributed by atoms with Crippen LogP contribution in [0.4, 0.5) is 0 Å². The van der Waals surface area contributed by atoms with E-state index in [0.29, 0.717) is 5.02 Å². The number of hydrogen-bond acceptors (Lipinski definition) is 2. The summed E-state index contributed by atoms with van der Waals surface area (Å²) in [5, 5.41) is 0.697. The summed E-state index contributed by atoms with van der Waals surface area (Å²) in [6, 6.07) is 13.9. The predicted molar refractivity (Wildman–Crippen MR) is 111 cm³/mol. The highest BCUT2D eigenvalue weighted by Gasteiger charge is 2.57. The molecule has 0 saturated heterocycles. The summed E-state index contributed by atoms with van der Waals surface area (Å²) in [6.07, 6.45) is 7.27. The van der Waals surface area contributed by atoms with Gasteiger partial charge in [0.2, 0.25) is 0 Å². The van der Waals surface area contributed by atoms with E-state index < -0.39 is 5.92 Å². The average Bonchev–Trinajstić information content (AvgIpc) is 3.01. The Bertz CT molecular complexity index is 956. The van der Waals surface area contributed by atoms with Crippen LogP contribution in [0, 0.1) is 23.7 Å². The fourth-order valence-corrected chi connectivity index (χ4v) is 5.74. The topological polar surface area (TPSA) is 34.1 Å². The molecule has 142 valence electrons. The number of halogens is 1. The van der Waals surface area contributed by atoms with Gasteiger partial charge in [-0.3, -0.25) is 9.59 Å². The maximum atomic E-state index is 13.4. The number of aryl methyl sites for hydroxylation is 1. The van der Waals surface area contributed by atoms with E-state index in [1.165, 1.54) is 0 Å². The molecule has 4 aliphatic rings. The van der Waals surface area contributed by atoms with Gasteiger partial charge in [-0.05, 0) is 71.6 Å². The van der Waals surface area contributed by atoms with Crippen molar-refractivity contribution in [3.05, 3.63) is 70.8 Å². The monoisotopic (exact) mass is 390 g/mol. The molecule has 2 fully saturated rings. The predicted octanol–water partition coefficient (Wildman–Crippen LogP) is 5.63. The van der Waals surface area contributed by atoms with E-state index in [4.69, 9.17) is 11.6 Å². The van der Waals surface area contributed by atoms with Gasteiger partial charge in [-0.15, -0.1) is 0 Å². The van der Waals surface area contributed by atoms with E-state index in [1.807, 2.05) is 24.3 Å². The van der Waals surface area contributed by atoms with Crippen LogP contribution in [0.1, 0.15) is 36.8 Å². The zero-order valence-corrected chi connectivity index (χ0v) is 16.7. The highest BCUT2D eigenvalue weighted by atomic mass is 35.5. The van der Waals surface area contributed by atoms with Crippen LogP contribution in [0.5, 0.6) is 0 Å². The maximum Gasteiger partial charge on any atom is 0.152 e. The van der Waals surface area contributed by atoms with Gasteiger partial charge >= 0.3 is 0 Å². The van der Waals surface area contributed by atoms with Crippen molar-refractivity contribution in [1.82, 2.24) is 0 Å². The van der Waals surface area contributed by atoms with Crippen LogP contribution >= 0.6 is 11.6 Å². The first-order valence-electron chi connectivity index (χ1n) is 10.2. The van der Waals surface area contributed by atoms with E-state index in [0.717, 1.165) is 41.5 Å². The molecule has 0 aromatic heterocycles. The first-order chi connectivity index (χ1) is 13.6. The van der Waals surface area contributed by atoms with E-state index in [9.17, 15) is 9.59 Å². The maximum absolute atomic E-state index is 13.4. The van der Waals surface area contributed by atoms with Crippen molar-refractivity contribution < 1.29 is 9.59 Å². The Balaban J connectivity index is 1.59. The molecule has 0 spiro atoms. The van der Waals surface area contributed by atoms with E-state index >= 15 is 0 Å². The smallest absolute Gasteiger partial charge is 0.152 e. The minimum atomic E-state index is -0.597. The number of benzene rings is 2. The summed E-state index contributed by atoms with van der Waals surface area (Å²) >= 11 is 6.03. The molecule has 2 aromatic rings. The second kappa shape index (κ2) is 6.70. The number of carbonyl (C=O) groups is 2. The summed E-state index contributed by atoms with van der Waals surface area (Å²) in [7, 11) is 0. The standard InChI is InChI=1S/C25H23ClO2/c1-2-14-3-8-18(15-9-11-19(26)12-10-15)13-20(14)23-24(27)21-16-4-5-17(7-6-16)22(21)25(23)28/h3-5,8-13,16-17,21-23H,2,6-7H2,1H3. The van der Waals surface area contributed by atoms with Gasteiger partial charge in [0.15, 0.2) is 11.6 Å². The van der Waals surface area contributed by atoms with Crippen molar-refractivity contribution in [2.45, 2.75) is 32.1 Å². The number of allylic oxidation sites excluding steroid dienone is 2. The minimum Gasteiger partial charge on any atom is -0.298 e. The summed E-state index contributed by atoms with van der Waals surface area (Å²) < 4.78 is 0. The van der Waals surface area contributed by atoms with E-state index in [2.05, 4.69) is 37.3 Å². The molecule has 2 nitrogen and oxygen atoms in total. The molecule has 0 heterocycles. The molecule has 0 radical (unpaired) electrons. The first-order valence-corrected chi connectivity index (χ1v) is 10.6. The summed E-state index contributed by atoms with van der Waals surface area (Å²) in [5.41, 5.74) is 4.09. The van der Waals surface area contributed by atoms with Gasteiger partial charge in [0.25, 0.3) is 0 Å². The first kappa shape index (κ1) is 17.9. The lowest BCUT2D eigenvalue weighted by atomic mass is 9.63. The number of fused-ring (bicyclic) bond motifs is 1. The lowest BCUT2D eigenvalue weighted by Crippen LogP contribution is -2.38. The Morgan fingerprint density at radius 1 is 0.857 bits per heavy atom. The van der Waals surface area contributed by atoms with Crippen molar-refractivity contribution in [3.63, 3.8) is 0 Å². The summed E-state index contributed by atoms with van der Waals surface area (Å²) in [5.74, 6) is -0.00792. The van der Waals surface area contributed by atoms with Crippen molar-refractivity contribution in [1.29, 1.82) is 0 Å². The highest BCUT2D eigenvalue weighted by molar-refractivity contribution is 6.30. The number of ketones is 2. The van der Waals surface area contributed by atoms with E-state index in [1.54, 1.807) is 0 Å². The third-order valence-corrected chi connectivity index (χ3v) is 7.24. The van der Waals surface area contributed by atoms with Gasteiger partial charge in [0.1, 0.15) is 5.92 Å². The fourth-order valence-electron chi connectivity index (χ4n) is 5.61. The van der Waals surface area contributed by atoms with Crippen molar-refractivity contribution >= 4 is 23.2 Å². The lowest BCUT2D eigenvalue weighted by Gasteiger charge is -2.39. The Morgan fingerprint density at radius 2 is 1.43 bits per heavy atom. The second-order valence-electron chi connectivity index (χ2n) is 8.35. The number of rotatable bonds is 3. The van der Waals surface area contributed by atoms with E-state index in [-0.39, 0.29) is 35.2 Å². The average molecular weight is 391 g/mol. The fraction of sp³-hybridized carbons (Fsp3) is 0.360. The SMILES string of the molecule is CCc1ccc(-c2ccc(Cl)cc2)cc1C1C(=O)C2C3C=CC(CC3)C2C1=O. The number of Topliss-reactive ketones (excluding diaryl/α,β-unsaturated/α-hetero) is 2. The van der Waals surface area contributed by atoms with Crippen LogP contribution in [-0.4, -0.2) is 11.6 Å². The summed E-state index contributed by atoms with van der Waals surface area (Å²) in [4.78, 5) is 26.9. The molecular weight excluding hydrogens is 368 g/mol. The number of carbonyl (C=O) groups excluding carboxylic acids is 2. The zero-order valence-electron chi connectivity index (χ0n) is 15.9. The van der Waals surface area contributed by atoms with Crippen molar-refractivity contribution in [2.24, 2.45) is 23.7 Å². The van der Waals surface area contributed by atoms with Crippen LogP contribution < -0.4 is 0 Å². The normalized spacial score (nSPS) is 30.7. The van der Waals surface area contributed by atoms with Gasteiger partial charge in [0, 0.05) is 16.9 Å². The molecule has 2 bridgehead atoms. The van der Waals surface area contributed by atoms with Crippen molar-refractivity contribution in [3.8, 4) is 11.1 Å². The largest absolute Gasteiger partial charge is 0.298 e. The Hall–Kier alpha value is -2.19. The van der Waals surface area contributed by atoms with Gasteiger partial charge in [-0.1, -0.05) is 54.9 Å². The third kappa shape index (κ3) is 2.62. The highest BCUT2D eigenvalue weighted by Crippen LogP contribution is 2.53. The molecule has 4 atom stereocenters. The van der Waals surface area contributed by atoms with Gasteiger partial charge in [-0.2, -0.15) is 0 Å². The summed E-state index contributed by atoms with van der Waals surface area (Å²) in [6.45, 7) is 2.09. The Labute approximate surface area is 170 Å². The minimum absolute atomic E-state index is 0.106. The second-order valence-corrected chi connectivity index (χ2v) is 8.79. The van der Waals surface area contributed by atoms with Crippen LogP contribution in [0.15, 0.2) is 54.6 Å². The van der Waals surface area contributed by atoms with Gasteiger partial charge < -0.3 is 0 Å². The third-order valence-electron chi connectivity index (χ3n) is 6.99. The van der Waals surface area contributed by atoms with Gasteiger partial charge in [0.05, 0.1) is 0 Å². The molecule has 4 unspecified atom stereocenters. The molecule has 4 aliphatic carbocycles. The molecule has 28 heavy (non-hydrogen) atoms. The molecule has 0 aliphatic heterocycles.